The molecule has 2 amide bonds. The molecule has 5 heteroatoms. The molecule has 1 saturated heterocycles. The van der Waals surface area contributed by atoms with Gasteiger partial charge in [-0.2, -0.15) is 0 Å². The van der Waals surface area contributed by atoms with E-state index in [1.807, 2.05) is 24.3 Å². The molecule has 0 aliphatic carbocycles. The summed E-state index contributed by atoms with van der Waals surface area (Å²) < 4.78 is 0. The first-order valence-electron chi connectivity index (χ1n) is 9.06. The van der Waals surface area contributed by atoms with E-state index in [0.29, 0.717) is 6.54 Å². The fourth-order valence-electron chi connectivity index (χ4n) is 3.83. The van der Waals surface area contributed by atoms with Crippen LogP contribution in [0.15, 0.2) is 24.3 Å². The topological polar surface area (TPSA) is 70.2 Å². The normalized spacial score (nSPS) is 19.2. The zero-order valence-electron chi connectivity index (χ0n) is 16.0. The Bertz CT molecular complexity index is 604. The fraction of sp³-hybridized carbons (Fsp3) is 0.600. The number of amides is 2. The molecule has 1 aromatic rings. The van der Waals surface area contributed by atoms with E-state index >= 15 is 0 Å². The summed E-state index contributed by atoms with van der Waals surface area (Å²) in [6.07, 6.45) is 2.58. The molecule has 0 radical (unpaired) electrons. The highest BCUT2D eigenvalue weighted by Crippen LogP contribution is 2.28. The summed E-state index contributed by atoms with van der Waals surface area (Å²) in [5.74, 6) is -1.13. The molecule has 1 heterocycles. The van der Waals surface area contributed by atoms with Gasteiger partial charge >= 0.3 is 11.8 Å². The van der Waals surface area contributed by atoms with Crippen molar-refractivity contribution in [1.29, 1.82) is 0 Å². The molecule has 1 aromatic carbocycles. The Kier molecular flexibility index (Phi) is 5.88. The van der Waals surface area contributed by atoms with Crippen LogP contribution in [0.5, 0.6) is 0 Å². The van der Waals surface area contributed by atoms with Crippen molar-refractivity contribution in [2.24, 2.45) is 0 Å². The lowest BCUT2D eigenvalue weighted by molar-refractivity contribution is -0.140. The van der Waals surface area contributed by atoms with Crippen LogP contribution >= 0.6 is 0 Å². The molecule has 5 nitrogen and oxygen atoms in total. The first-order chi connectivity index (χ1) is 11.6. The van der Waals surface area contributed by atoms with Crippen LogP contribution in [0.2, 0.25) is 0 Å². The smallest absolute Gasteiger partial charge is 0.309 e. The highest BCUT2D eigenvalue weighted by Gasteiger charge is 2.38. The molecule has 0 saturated carbocycles. The Morgan fingerprint density at radius 1 is 1.00 bits per heavy atom. The highest BCUT2D eigenvalue weighted by molar-refractivity contribution is 6.35. The van der Waals surface area contributed by atoms with Crippen molar-refractivity contribution in [3.8, 4) is 0 Å². The SMILES string of the molecule is CCc1ccc(CNC(=O)C(=O)NC2CC(C)(C)NC(C)(C)C2)cc1. The van der Waals surface area contributed by atoms with E-state index in [9.17, 15) is 9.59 Å². The summed E-state index contributed by atoms with van der Waals surface area (Å²) in [5.41, 5.74) is 2.10. The van der Waals surface area contributed by atoms with Crippen LogP contribution in [0.1, 0.15) is 58.6 Å². The van der Waals surface area contributed by atoms with Gasteiger partial charge in [-0.15, -0.1) is 0 Å². The Morgan fingerprint density at radius 3 is 2.04 bits per heavy atom. The van der Waals surface area contributed by atoms with Crippen molar-refractivity contribution in [3.05, 3.63) is 35.4 Å². The lowest BCUT2D eigenvalue weighted by Gasteiger charge is -2.46. The van der Waals surface area contributed by atoms with Gasteiger partial charge in [0.1, 0.15) is 0 Å². The fourth-order valence-corrected chi connectivity index (χ4v) is 3.83. The second kappa shape index (κ2) is 7.56. The van der Waals surface area contributed by atoms with Crippen LogP contribution in [0.4, 0.5) is 0 Å². The maximum absolute atomic E-state index is 12.2. The van der Waals surface area contributed by atoms with Gasteiger partial charge < -0.3 is 16.0 Å². The number of piperidine rings is 1. The molecule has 0 atom stereocenters. The highest BCUT2D eigenvalue weighted by atomic mass is 16.2. The number of aryl methyl sites for hydroxylation is 1. The molecule has 0 spiro atoms. The van der Waals surface area contributed by atoms with Gasteiger partial charge in [-0.25, -0.2) is 0 Å². The second-order valence-electron chi connectivity index (χ2n) is 8.32. The standard InChI is InChI=1S/C20H31N3O2/c1-6-14-7-9-15(10-8-14)13-21-17(24)18(25)22-16-11-19(2,3)23-20(4,5)12-16/h7-10,16,23H,6,11-13H2,1-5H3,(H,21,24)(H,22,25). The Hall–Kier alpha value is -1.88. The average Bonchev–Trinajstić information content (AvgIpc) is 2.49. The quantitative estimate of drug-likeness (QED) is 0.733. The lowest BCUT2D eigenvalue weighted by atomic mass is 9.79. The van der Waals surface area contributed by atoms with E-state index < -0.39 is 11.8 Å². The van der Waals surface area contributed by atoms with Crippen LogP contribution in [0.25, 0.3) is 0 Å². The first-order valence-corrected chi connectivity index (χ1v) is 9.06. The lowest BCUT2D eigenvalue weighted by Crippen LogP contribution is -2.62. The van der Waals surface area contributed by atoms with Crippen LogP contribution < -0.4 is 16.0 Å². The van der Waals surface area contributed by atoms with Crippen LogP contribution in [0, 0.1) is 0 Å². The molecular weight excluding hydrogens is 314 g/mol. The van der Waals surface area contributed by atoms with Gasteiger partial charge in [-0.3, -0.25) is 9.59 Å². The zero-order chi connectivity index (χ0) is 18.7. The number of hydrogen-bond acceptors (Lipinski definition) is 3. The van der Waals surface area contributed by atoms with E-state index in [4.69, 9.17) is 0 Å². The molecule has 1 fully saturated rings. The molecule has 25 heavy (non-hydrogen) atoms. The average molecular weight is 345 g/mol. The number of carbonyl (C=O) groups excluding carboxylic acids is 2. The second-order valence-corrected chi connectivity index (χ2v) is 8.32. The molecule has 138 valence electrons. The van der Waals surface area contributed by atoms with Gasteiger partial charge in [-0.05, 0) is 58.1 Å². The van der Waals surface area contributed by atoms with Crippen LogP contribution in [0.3, 0.4) is 0 Å². The monoisotopic (exact) mass is 345 g/mol. The zero-order valence-corrected chi connectivity index (χ0v) is 16.0. The van der Waals surface area contributed by atoms with Crippen molar-refractivity contribution in [2.45, 2.75) is 77.5 Å². The number of nitrogens with one attached hydrogen (secondary N) is 3. The maximum Gasteiger partial charge on any atom is 0.309 e. The third kappa shape index (κ3) is 5.85. The van der Waals surface area contributed by atoms with Crippen molar-refractivity contribution >= 4 is 11.8 Å². The summed E-state index contributed by atoms with van der Waals surface area (Å²) in [5, 5.41) is 9.16. The molecule has 0 unspecified atom stereocenters. The van der Waals surface area contributed by atoms with Crippen molar-refractivity contribution in [2.75, 3.05) is 0 Å². The van der Waals surface area contributed by atoms with Crippen LogP contribution in [-0.2, 0) is 22.6 Å². The third-order valence-corrected chi connectivity index (χ3v) is 4.62. The number of rotatable bonds is 4. The van der Waals surface area contributed by atoms with Gasteiger partial charge in [-0.1, -0.05) is 31.2 Å². The summed E-state index contributed by atoms with van der Waals surface area (Å²) in [7, 11) is 0. The van der Waals surface area contributed by atoms with Crippen molar-refractivity contribution in [3.63, 3.8) is 0 Å². The van der Waals surface area contributed by atoms with Gasteiger partial charge in [0.2, 0.25) is 0 Å². The largest absolute Gasteiger partial charge is 0.345 e. The Labute approximate surface area is 151 Å². The minimum Gasteiger partial charge on any atom is -0.345 e. The van der Waals surface area contributed by atoms with E-state index in [1.165, 1.54) is 5.56 Å². The summed E-state index contributed by atoms with van der Waals surface area (Å²) in [4.78, 5) is 24.3. The molecule has 3 N–H and O–H groups in total. The predicted octanol–water partition coefficient (Wildman–Crippen LogP) is 2.29. The minimum absolute atomic E-state index is 0.00617. The summed E-state index contributed by atoms with van der Waals surface area (Å²) in [6.45, 7) is 10.9. The minimum atomic E-state index is -0.575. The number of carbonyl (C=O) groups is 2. The molecular formula is C20H31N3O2. The van der Waals surface area contributed by atoms with Crippen molar-refractivity contribution < 1.29 is 9.59 Å². The van der Waals surface area contributed by atoms with E-state index in [2.05, 4.69) is 50.6 Å². The maximum atomic E-state index is 12.2. The van der Waals surface area contributed by atoms with Crippen LogP contribution in [-0.4, -0.2) is 28.9 Å². The van der Waals surface area contributed by atoms with Gasteiger partial charge in [0.25, 0.3) is 0 Å². The number of benzene rings is 1. The molecule has 0 bridgehead atoms. The van der Waals surface area contributed by atoms with Gasteiger partial charge in [0.15, 0.2) is 0 Å². The molecule has 2 rings (SSSR count). The number of hydrogen-bond donors (Lipinski definition) is 3. The van der Waals surface area contributed by atoms with E-state index in [0.717, 1.165) is 24.8 Å². The molecule has 1 aliphatic heterocycles. The summed E-state index contributed by atoms with van der Waals surface area (Å²) in [6, 6.07) is 8.04. The first kappa shape index (κ1) is 19.4. The molecule has 1 aliphatic rings. The van der Waals surface area contributed by atoms with Crippen molar-refractivity contribution in [1.82, 2.24) is 16.0 Å². The molecule has 0 aromatic heterocycles. The summed E-state index contributed by atoms with van der Waals surface area (Å²) >= 11 is 0. The predicted molar refractivity (Wildman–Crippen MR) is 100 cm³/mol. The Morgan fingerprint density at radius 2 is 1.52 bits per heavy atom. The third-order valence-electron chi connectivity index (χ3n) is 4.62. The van der Waals surface area contributed by atoms with Gasteiger partial charge in [0, 0.05) is 23.7 Å². The van der Waals surface area contributed by atoms with E-state index in [1.54, 1.807) is 0 Å². The van der Waals surface area contributed by atoms with Gasteiger partial charge in [0.05, 0.1) is 0 Å². The Balaban J connectivity index is 1.86. The van der Waals surface area contributed by atoms with E-state index in [-0.39, 0.29) is 17.1 Å².